The van der Waals surface area contributed by atoms with Gasteiger partial charge in [-0.2, -0.15) is 0 Å². The lowest BCUT2D eigenvalue weighted by Crippen LogP contribution is -2.36. The highest BCUT2D eigenvalue weighted by Crippen LogP contribution is 2.19. The van der Waals surface area contributed by atoms with Crippen molar-refractivity contribution in [3.8, 4) is 0 Å². The Morgan fingerprint density at radius 3 is 2.84 bits per heavy atom. The Morgan fingerprint density at radius 1 is 1.24 bits per heavy atom. The van der Waals surface area contributed by atoms with Gasteiger partial charge in [-0.15, -0.1) is 0 Å². The molecule has 0 saturated heterocycles. The van der Waals surface area contributed by atoms with Crippen molar-refractivity contribution in [3.05, 3.63) is 40.4 Å². The van der Waals surface area contributed by atoms with Gasteiger partial charge in [0.05, 0.1) is 5.52 Å². The average Bonchev–Trinajstić information content (AvgIpc) is 2.90. The van der Waals surface area contributed by atoms with E-state index in [1.54, 1.807) is 25.2 Å². The predicted octanol–water partition coefficient (Wildman–Crippen LogP) is 2.08. The zero-order valence-corrected chi connectivity index (χ0v) is 14.1. The molecule has 0 radical (unpaired) electrons. The fourth-order valence-corrected chi connectivity index (χ4v) is 2.94. The maximum Gasteiger partial charge on any atom is 0.419 e. The highest BCUT2D eigenvalue weighted by atomic mass is 16.4. The quantitative estimate of drug-likeness (QED) is 0.656. The van der Waals surface area contributed by atoms with Gasteiger partial charge >= 0.3 is 17.6 Å². The van der Waals surface area contributed by atoms with E-state index >= 15 is 0 Å². The fourth-order valence-electron chi connectivity index (χ4n) is 2.94. The number of nitrogens with one attached hydrogen (secondary N) is 2. The number of hydrogen-bond donors (Lipinski definition) is 2. The molecule has 0 atom stereocenters. The number of benzene rings is 1. The van der Waals surface area contributed by atoms with Gasteiger partial charge in [0.15, 0.2) is 5.58 Å². The molecular formula is C18H21N3O4. The highest BCUT2D eigenvalue weighted by molar-refractivity contribution is 6.39. The third-order valence-corrected chi connectivity index (χ3v) is 4.37. The van der Waals surface area contributed by atoms with Gasteiger partial charge in [0.25, 0.3) is 0 Å². The van der Waals surface area contributed by atoms with Gasteiger partial charge in [-0.3, -0.25) is 14.2 Å². The van der Waals surface area contributed by atoms with Gasteiger partial charge in [-0.1, -0.05) is 11.6 Å². The number of amides is 2. The number of rotatable bonds is 4. The molecule has 0 fully saturated rings. The standard InChI is InChI=1S/C18H21N3O4/c1-21-14-11-13(7-8-15(14)25-18(21)24)20-17(23)16(22)19-10-9-12-5-3-2-4-6-12/h5,7-8,11H,2-4,6,9-10H2,1H3,(H,19,22)(H,20,23). The van der Waals surface area contributed by atoms with E-state index < -0.39 is 17.6 Å². The summed E-state index contributed by atoms with van der Waals surface area (Å²) in [6.45, 7) is 0.452. The number of anilines is 1. The van der Waals surface area contributed by atoms with E-state index in [0.717, 1.165) is 19.3 Å². The van der Waals surface area contributed by atoms with Crippen LogP contribution in [0.5, 0.6) is 0 Å². The molecule has 132 valence electrons. The van der Waals surface area contributed by atoms with Crippen LogP contribution in [0, 0.1) is 0 Å². The number of oxazole rings is 1. The third kappa shape index (κ3) is 3.99. The van der Waals surface area contributed by atoms with Crippen molar-refractivity contribution in [1.82, 2.24) is 9.88 Å². The second-order valence-electron chi connectivity index (χ2n) is 6.18. The van der Waals surface area contributed by atoms with E-state index in [1.165, 1.54) is 23.0 Å². The van der Waals surface area contributed by atoms with Crippen molar-refractivity contribution in [2.75, 3.05) is 11.9 Å². The van der Waals surface area contributed by atoms with E-state index in [-0.39, 0.29) is 0 Å². The van der Waals surface area contributed by atoms with Gasteiger partial charge in [0, 0.05) is 19.3 Å². The van der Waals surface area contributed by atoms with Gasteiger partial charge < -0.3 is 15.1 Å². The van der Waals surface area contributed by atoms with Crippen molar-refractivity contribution >= 4 is 28.6 Å². The molecule has 0 aliphatic heterocycles. The lowest BCUT2D eigenvalue weighted by atomic mass is 9.97. The topological polar surface area (TPSA) is 93.3 Å². The normalized spacial score (nSPS) is 14.2. The Labute approximate surface area is 144 Å². The van der Waals surface area contributed by atoms with E-state index in [1.807, 2.05) is 0 Å². The molecule has 1 aromatic heterocycles. The largest absolute Gasteiger partial charge is 0.419 e. The molecule has 1 heterocycles. The summed E-state index contributed by atoms with van der Waals surface area (Å²) in [7, 11) is 1.58. The van der Waals surface area contributed by atoms with Crippen molar-refractivity contribution < 1.29 is 14.0 Å². The predicted molar refractivity (Wildman–Crippen MR) is 94.3 cm³/mol. The molecule has 25 heavy (non-hydrogen) atoms. The van der Waals surface area contributed by atoms with Crippen LogP contribution in [0.4, 0.5) is 5.69 Å². The number of fused-ring (bicyclic) bond motifs is 1. The molecule has 1 aliphatic rings. The first-order valence-electron chi connectivity index (χ1n) is 8.41. The van der Waals surface area contributed by atoms with Crippen LogP contribution >= 0.6 is 0 Å². The zero-order chi connectivity index (χ0) is 17.8. The lowest BCUT2D eigenvalue weighted by molar-refractivity contribution is -0.136. The molecule has 0 spiro atoms. The summed E-state index contributed by atoms with van der Waals surface area (Å²) >= 11 is 0. The molecule has 0 saturated carbocycles. The van der Waals surface area contributed by atoms with E-state index in [9.17, 15) is 14.4 Å². The Bertz CT molecular complexity index is 891. The smallest absolute Gasteiger partial charge is 0.408 e. The second kappa shape index (κ2) is 7.38. The van der Waals surface area contributed by atoms with Crippen LogP contribution in [-0.2, 0) is 16.6 Å². The molecular weight excluding hydrogens is 322 g/mol. The molecule has 1 aromatic carbocycles. The zero-order valence-electron chi connectivity index (χ0n) is 14.1. The minimum atomic E-state index is -0.731. The molecule has 2 N–H and O–H groups in total. The van der Waals surface area contributed by atoms with Gasteiger partial charge in [0.2, 0.25) is 0 Å². The van der Waals surface area contributed by atoms with Crippen LogP contribution in [-0.4, -0.2) is 22.9 Å². The maximum atomic E-state index is 12.0. The van der Waals surface area contributed by atoms with Crippen molar-refractivity contribution in [3.63, 3.8) is 0 Å². The molecule has 0 unspecified atom stereocenters. The molecule has 7 heteroatoms. The Hall–Kier alpha value is -2.83. The Kier molecular flexibility index (Phi) is 5.02. The van der Waals surface area contributed by atoms with Crippen molar-refractivity contribution in [2.45, 2.75) is 32.1 Å². The lowest BCUT2D eigenvalue weighted by Gasteiger charge is -2.12. The summed E-state index contributed by atoms with van der Waals surface area (Å²) in [5, 5.41) is 5.17. The summed E-state index contributed by atoms with van der Waals surface area (Å²) in [6.07, 6.45) is 7.60. The monoisotopic (exact) mass is 343 g/mol. The second-order valence-corrected chi connectivity index (χ2v) is 6.18. The molecule has 3 rings (SSSR count). The SMILES string of the molecule is Cn1c(=O)oc2ccc(NC(=O)C(=O)NCCC3=CCCCC3)cc21. The van der Waals surface area contributed by atoms with Gasteiger partial charge in [-0.05, 0) is 50.3 Å². The summed E-state index contributed by atoms with van der Waals surface area (Å²) < 4.78 is 6.36. The number of aryl methyl sites for hydroxylation is 1. The maximum absolute atomic E-state index is 12.0. The number of nitrogens with zero attached hydrogens (tertiary/aromatic N) is 1. The minimum absolute atomic E-state index is 0.427. The Balaban J connectivity index is 1.56. The van der Waals surface area contributed by atoms with Crippen molar-refractivity contribution in [2.24, 2.45) is 7.05 Å². The number of hydrogen-bond acceptors (Lipinski definition) is 4. The van der Waals surface area contributed by atoms with E-state index in [4.69, 9.17) is 4.42 Å². The van der Waals surface area contributed by atoms with E-state index in [2.05, 4.69) is 16.7 Å². The van der Waals surface area contributed by atoms with Crippen LogP contribution in [0.25, 0.3) is 11.1 Å². The molecule has 2 amide bonds. The van der Waals surface area contributed by atoms with Crippen LogP contribution in [0.1, 0.15) is 32.1 Å². The number of allylic oxidation sites excluding steroid dienone is 1. The molecule has 2 aromatic rings. The Morgan fingerprint density at radius 2 is 2.08 bits per heavy atom. The van der Waals surface area contributed by atoms with Crippen LogP contribution in [0.2, 0.25) is 0 Å². The first kappa shape index (κ1) is 17.0. The fraction of sp³-hybridized carbons (Fsp3) is 0.389. The summed E-state index contributed by atoms with van der Waals surface area (Å²) in [6, 6.07) is 4.77. The molecule has 1 aliphatic carbocycles. The van der Waals surface area contributed by atoms with Crippen LogP contribution in [0.3, 0.4) is 0 Å². The molecule has 0 bridgehead atoms. The summed E-state index contributed by atoms with van der Waals surface area (Å²) in [5.41, 5.74) is 2.75. The number of carbonyl (C=O) groups excluding carboxylic acids is 2. The van der Waals surface area contributed by atoms with E-state index in [0.29, 0.717) is 23.3 Å². The molecule has 7 nitrogen and oxygen atoms in total. The average molecular weight is 343 g/mol. The van der Waals surface area contributed by atoms with Crippen LogP contribution in [0.15, 0.2) is 39.1 Å². The minimum Gasteiger partial charge on any atom is -0.408 e. The number of carbonyl (C=O) groups is 2. The first-order chi connectivity index (χ1) is 12.0. The summed E-state index contributed by atoms with van der Waals surface area (Å²) in [4.78, 5) is 35.4. The first-order valence-corrected chi connectivity index (χ1v) is 8.41. The van der Waals surface area contributed by atoms with Gasteiger partial charge in [0.1, 0.15) is 0 Å². The highest BCUT2D eigenvalue weighted by Gasteiger charge is 2.15. The number of aromatic nitrogens is 1. The summed E-state index contributed by atoms with van der Waals surface area (Å²) in [5.74, 6) is -1.88. The van der Waals surface area contributed by atoms with Gasteiger partial charge in [-0.25, -0.2) is 4.79 Å². The van der Waals surface area contributed by atoms with Crippen molar-refractivity contribution in [1.29, 1.82) is 0 Å². The van der Waals surface area contributed by atoms with Crippen LogP contribution < -0.4 is 16.4 Å². The third-order valence-electron chi connectivity index (χ3n) is 4.37.